The van der Waals surface area contributed by atoms with Crippen molar-refractivity contribution < 1.29 is 14.3 Å². The molecule has 1 heterocycles. The van der Waals surface area contributed by atoms with Crippen LogP contribution in [0, 0.1) is 0 Å². The lowest BCUT2D eigenvalue weighted by Gasteiger charge is -2.14. The number of ether oxygens (including phenoxy) is 2. The van der Waals surface area contributed by atoms with Crippen LogP contribution in [0.5, 0.6) is 11.5 Å². The quantitative estimate of drug-likeness (QED) is 0.648. The van der Waals surface area contributed by atoms with Gasteiger partial charge in [-0.3, -0.25) is 4.79 Å². The van der Waals surface area contributed by atoms with Gasteiger partial charge >= 0.3 is 0 Å². The van der Waals surface area contributed by atoms with Gasteiger partial charge in [-0.05, 0) is 36.8 Å². The molecule has 0 spiro atoms. The molecule has 2 aromatic carbocycles. The number of rotatable bonds is 7. The molecule has 1 atom stereocenters. The molecular weight excluding hydrogens is 356 g/mol. The van der Waals surface area contributed by atoms with Crippen molar-refractivity contribution in [3.05, 3.63) is 71.8 Å². The van der Waals surface area contributed by atoms with Crippen LogP contribution in [-0.4, -0.2) is 30.3 Å². The van der Waals surface area contributed by atoms with Crippen LogP contribution in [0.4, 0.5) is 11.6 Å². The van der Waals surface area contributed by atoms with E-state index in [1.165, 1.54) is 14.2 Å². The average Bonchev–Trinajstić information content (AvgIpc) is 2.75. The van der Waals surface area contributed by atoms with Gasteiger partial charge in [-0.1, -0.05) is 30.3 Å². The molecule has 7 nitrogen and oxygen atoms in total. The zero-order valence-corrected chi connectivity index (χ0v) is 16.0. The first-order valence-electron chi connectivity index (χ1n) is 8.78. The standard InChI is InChI=1S/C21H22N4O3/c1-14(15-7-5-4-6-8-15)22-19-9-10-20(25-24-19)23-21(26)16-11-17(27-2)13-18(12-16)28-3/h4-14H,1-3H3,(H,22,24)(H,23,25,26). The van der Waals surface area contributed by atoms with E-state index in [2.05, 4.69) is 20.8 Å². The third-order valence-electron chi connectivity index (χ3n) is 4.18. The van der Waals surface area contributed by atoms with Gasteiger partial charge in [-0.2, -0.15) is 0 Å². The van der Waals surface area contributed by atoms with E-state index in [-0.39, 0.29) is 11.9 Å². The van der Waals surface area contributed by atoms with Crippen molar-refractivity contribution in [2.75, 3.05) is 24.9 Å². The summed E-state index contributed by atoms with van der Waals surface area (Å²) in [6, 6.07) is 18.6. The van der Waals surface area contributed by atoms with Crippen LogP contribution >= 0.6 is 0 Å². The van der Waals surface area contributed by atoms with Crippen LogP contribution in [0.2, 0.25) is 0 Å². The summed E-state index contributed by atoms with van der Waals surface area (Å²) in [6.45, 7) is 2.04. The Kier molecular flexibility index (Phi) is 6.06. The van der Waals surface area contributed by atoms with E-state index in [1.54, 1.807) is 30.3 Å². The summed E-state index contributed by atoms with van der Waals surface area (Å²) in [6.07, 6.45) is 0. The minimum Gasteiger partial charge on any atom is -0.497 e. The van der Waals surface area contributed by atoms with E-state index < -0.39 is 0 Å². The van der Waals surface area contributed by atoms with Crippen molar-refractivity contribution in [2.24, 2.45) is 0 Å². The largest absolute Gasteiger partial charge is 0.497 e. The fraction of sp³-hybridized carbons (Fsp3) is 0.190. The summed E-state index contributed by atoms with van der Waals surface area (Å²) >= 11 is 0. The van der Waals surface area contributed by atoms with Crippen molar-refractivity contribution in [3.63, 3.8) is 0 Å². The van der Waals surface area contributed by atoms with Crippen molar-refractivity contribution in [1.82, 2.24) is 10.2 Å². The molecule has 0 radical (unpaired) electrons. The summed E-state index contributed by atoms with van der Waals surface area (Å²) in [7, 11) is 3.06. The average molecular weight is 378 g/mol. The van der Waals surface area contributed by atoms with Crippen LogP contribution in [0.1, 0.15) is 28.9 Å². The first-order chi connectivity index (χ1) is 13.6. The Labute approximate surface area is 163 Å². The first kappa shape index (κ1) is 19.2. The smallest absolute Gasteiger partial charge is 0.257 e. The maximum Gasteiger partial charge on any atom is 0.257 e. The molecule has 0 aliphatic heterocycles. The van der Waals surface area contributed by atoms with E-state index in [4.69, 9.17) is 9.47 Å². The molecule has 0 aliphatic rings. The van der Waals surface area contributed by atoms with Crippen LogP contribution in [0.3, 0.4) is 0 Å². The van der Waals surface area contributed by atoms with E-state index in [0.29, 0.717) is 28.7 Å². The highest BCUT2D eigenvalue weighted by atomic mass is 16.5. The maximum atomic E-state index is 12.5. The monoisotopic (exact) mass is 378 g/mol. The lowest BCUT2D eigenvalue weighted by molar-refractivity contribution is 0.102. The highest BCUT2D eigenvalue weighted by Gasteiger charge is 2.12. The highest BCUT2D eigenvalue weighted by molar-refractivity contribution is 6.04. The zero-order chi connectivity index (χ0) is 19.9. The molecule has 2 N–H and O–H groups in total. The van der Waals surface area contributed by atoms with Gasteiger partial charge in [0.2, 0.25) is 0 Å². The van der Waals surface area contributed by atoms with Gasteiger partial charge in [0.25, 0.3) is 5.91 Å². The molecule has 28 heavy (non-hydrogen) atoms. The fourth-order valence-corrected chi connectivity index (χ4v) is 2.65. The lowest BCUT2D eigenvalue weighted by atomic mass is 10.1. The number of nitrogens with one attached hydrogen (secondary N) is 2. The Bertz CT molecular complexity index is 908. The van der Waals surface area contributed by atoms with E-state index in [9.17, 15) is 4.79 Å². The molecule has 1 amide bonds. The molecule has 1 unspecified atom stereocenters. The second kappa shape index (κ2) is 8.85. The number of nitrogens with zero attached hydrogens (tertiary/aromatic N) is 2. The normalized spacial score (nSPS) is 11.4. The molecule has 3 aromatic rings. The van der Waals surface area contributed by atoms with E-state index in [1.807, 2.05) is 37.3 Å². The van der Waals surface area contributed by atoms with Gasteiger partial charge in [0.15, 0.2) is 5.82 Å². The summed E-state index contributed by atoms with van der Waals surface area (Å²) < 4.78 is 10.4. The van der Waals surface area contributed by atoms with Gasteiger partial charge in [-0.25, -0.2) is 0 Å². The number of amides is 1. The number of anilines is 2. The Balaban J connectivity index is 1.66. The summed E-state index contributed by atoms with van der Waals surface area (Å²) in [5.41, 5.74) is 1.55. The third-order valence-corrected chi connectivity index (χ3v) is 4.18. The number of aromatic nitrogens is 2. The predicted octanol–water partition coefficient (Wildman–Crippen LogP) is 3.92. The Hall–Kier alpha value is -3.61. The highest BCUT2D eigenvalue weighted by Crippen LogP contribution is 2.23. The topological polar surface area (TPSA) is 85.4 Å². The summed E-state index contributed by atoms with van der Waals surface area (Å²) in [5, 5.41) is 14.2. The van der Waals surface area contributed by atoms with Crippen molar-refractivity contribution in [3.8, 4) is 11.5 Å². The van der Waals surface area contributed by atoms with Crippen LogP contribution in [0.15, 0.2) is 60.7 Å². The van der Waals surface area contributed by atoms with Crippen molar-refractivity contribution in [1.29, 1.82) is 0 Å². The number of benzene rings is 2. The lowest BCUT2D eigenvalue weighted by Crippen LogP contribution is -2.14. The number of carbonyl (C=O) groups excluding carboxylic acids is 1. The number of hydrogen-bond donors (Lipinski definition) is 2. The predicted molar refractivity (Wildman–Crippen MR) is 108 cm³/mol. The molecular formula is C21H22N4O3. The zero-order valence-electron chi connectivity index (χ0n) is 16.0. The number of carbonyl (C=O) groups is 1. The Morgan fingerprint density at radius 1 is 0.893 bits per heavy atom. The molecule has 7 heteroatoms. The number of methoxy groups -OCH3 is 2. The van der Waals surface area contributed by atoms with Crippen molar-refractivity contribution in [2.45, 2.75) is 13.0 Å². The second-order valence-electron chi connectivity index (χ2n) is 6.14. The molecule has 0 saturated heterocycles. The first-order valence-corrected chi connectivity index (χ1v) is 8.78. The molecule has 0 saturated carbocycles. The van der Waals surface area contributed by atoms with Gasteiger partial charge < -0.3 is 20.1 Å². The molecule has 1 aromatic heterocycles. The fourth-order valence-electron chi connectivity index (χ4n) is 2.65. The minimum atomic E-state index is -0.329. The Morgan fingerprint density at radius 3 is 2.07 bits per heavy atom. The van der Waals surface area contributed by atoms with Gasteiger partial charge in [0.1, 0.15) is 17.3 Å². The molecule has 3 rings (SSSR count). The van der Waals surface area contributed by atoms with Gasteiger partial charge in [0.05, 0.1) is 14.2 Å². The van der Waals surface area contributed by atoms with Crippen LogP contribution in [-0.2, 0) is 0 Å². The molecule has 0 aliphatic carbocycles. The molecule has 0 fully saturated rings. The third kappa shape index (κ3) is 4.76. The van der Waals surface area contributed by atoms with E-state index >= 15 is 0 Å². The number of hydrogen-bond acceptors (Lipinski definition) is 6. The summed E-state index contributed by atoms with van der Waals surface area (Å²) in [5.74, 6) is 1.71. The van der Waals surface area contributed by atoms with Gasteiger partial charge in [-0.15, -0.1) is 10.2 Å². The Morgan fingerprint density at radius 2 is 1.50 bits per heavy atom. The molecule has 0 bridgehead atoms. The SMILES string of the molecule is COc1cc(OC)cc(C(=O)Nc2ccc(NC(C)c3ccccc3)nn2)c1. The van der Waals surface area contributed by atoms with Crippen LogP contribution < -0.4 is 20.1 Å². The van der Waals surface area contributed by atoms with Crippen molar-refractivity contribution >= 4 is 17.5 Å². The minimum absolute atomic E-state index is 0.0835. The summed E-state index contributed by atoms with van der Waals surface area (Å²) in [4.78, 5) is 12.5. The molecule has 144 valence electrons. The van der Waals surface area contributed by atoms with E-state index in [0.717, 1.165) is 5.56 Å². The van der Waals surface area contributed by atoms with Crippen LogP contribution in [0.25, 0.3) is 0 Å². The van der Waals surface area contributed by atoms with Gasteiger partial charge in [0, 0.05) is 17.7 Å². The second-order valence-corrected chi connectivity index (χ2v) is 6.14. The maximum absolute atomic E-state index is 12.5.